The Hall–Kier alpha value is -0.530. The minimum Gasteiger partial charge on any atom is -0.465 e. The summed E-state index contributed by atoms with van der Waals surface area (Å²) in [5.41, 5.74) is 0.136. The Balaban J connectivity index is 2.54. The van der Waals surface area contributed by atoms with Gasteiger partial charge >= 0.3 is 5.97 Å². The number of esters is 1. The summed E-state index contributed by atoms with van der Waals surface area (Å²) in [6.07, 6.45) is 1.63. The lowest BCUT2D eigenvalue weighted by Crippen LogP contribution is -2.13. The van der Waals surface area contributed by atoms with Crippen molar-refractivity contribution in [2.45, 2.75) is 26.7 Å². The molecule has 1 aliphatic heterocycles. The zero-order chi connectivity index (χ0) is 6.91. The molecule has 0 saturated carbocycles. The van der Waals surface area contributed by atoms with Crippen LogP contribution < -0.4 is 0 Å². The van der Waals surface area contributed by atoms with Crippen molar-refractivity contribution in [3.63, 3.8) is 0 Å². The molecule has 1 atom stereocenters. The smallest absolute Gasteiger partial charge is 0.306 e. The fourth-order valence-electron chi connectivity index (χ4n) is 0.932. The minimum absolute atomic E-state index is 0.0423. The molecule has 0 bridgehead atoms. The highest BCUT2D eigenvalue weighted by Crippen LogP contribution is 2.31. The predicted octanol–water partition coefficient (Wildman–Crippen LogP) is 1.35. The Morgan fingerprint density at radius 3 is 2.67 bits per heavy atom. The fraction of sp³-hybridized carbons (Fsp3) is 0.857. The second-order valence-corrected chi connectivity index (χ2v) is 3.00. The van der Waals surface area contributed by atoms with Crippen LogP contribution in [0.15, 0.2) is 0 Å². The summed E-state index contributed by atoms with van der Waals surface area (Å²) in [5, 5.41) is 0. The van der Waals surface area contributed by atoms with Crippen molar-refractivity contribution in [2.24, 2.45) is 5.41 Å². The highest BCUT2D eigenvalue weighted by Gasteiger charge is 2.33. The summed E-state index contributed by atoms with van der Waals surface area (Å²) < 4.78 is 4.82. The third-order valence-corrected chi connectivity index (χ3v) is 2.01. The lowest BCUT2D eigenvalue weighted by atomic mass is 9.87. The molecule has 0 spiro atoms. The van der Waals surface area contributed by atoms with Crippen LogP contribution in [-0.4, -0.2) is 12.6 Å². The predicted molar refractivity (Wildman–Crippen MR) is 34.0 cm³/mol. The lowest BCUT2D eigenvalue weighted by molar-refractivity contribution is -0.137. The summed E-state index contributed by atoms with van der Waals surface area (Å²) in [6.45, 7) is 4.78. The molecular weight excluding hydrogens is 116 g/mol. The monoisotopic (exact) mass is 128 g/mol. The molecule has 0 aromatic rings. The molecule has 52 valence electrons. The zero-order valence-corrected chi connectivity index (χ0v) is 5.94. The average Bonchev–Trinajstić information content (AvgIpc) is 2.13. The lowest BCUT2D eigenvalue weighted by Gasteiger charge is -2.15. The van der Waals surface area contributed by atoms with Crippen molar-refractivity contribution in [2.75, 3.05) is 6.61 Å². The number of hydrogen-bond acceptors (Lipinski definition) is 2. The number of cyclic esters (lactones) is 1. The second kappa shape index (κ2) is 2.01. The maximum absolute atomic E-state index is 10.6. The fourth-order valence-corrected chi connectivity index (χ4v) is 0.932. The van der Waals surface area contributed by atoms with Crippen LogP contribution in [0.25, 0.3) is 0 Å². The minimum atomic E-state index is -0.0423. The number of ether oxygens (including phenoxy) is 1. The molecule has 0 radical (unpaired) electrons. The van der Waals surface area contributed by atoms with Gasteiger partial charge in [0.05, 0.1) is 13.0 Å². The van der Waals surface area contributed by atoms with Gasteiger partial charge in [-0.25, -0.2) is 0 Å². The van der Waals surface area contributed by atoms with Gasteiger partial charge in [-0.15, -0.1) is 0 Å². The van der Waals surface area contributed by atoms with E-state index in [0.717, 1.165) is 6.42 Å². The Labute approximate surface area is 55.2 Å². The Morgan fingerprint density at radius 2 is 2.44 bits per heavy atom. The Morgan fingerprint density at radius 1 is 1.78 bits per heavy atom. The van der Waals surface area contributed by atoms with E-state index in [4.69, 9.17) is 4.74 Å². The molecule has 2 heteroatoms. The molecule has 0 amide bonds. The molecular formula is C7H12O2. The summed E-state index contributed by atoms with van der Waals surface area (Å²) in [7, 11) is 0. The van der Waals surface area contributed by atoms with Gasteiger partial charge in [-0.1, -0.05) is 13.8 Å². The van der Waals surface area contributed by atoms with Gasteiger partial charge < -0.3 is 4.74 Å². The van der Waals surface area contributed by atoms with Crippen LogP contribution in [-0.2, 0) is 9.53 Å². The Kier molecular flexibility index (Phi) is 1.47. The molecule has 2 nitrogen and oxygen atoms in total. The molecule has 1 heterocycles. The maximum Gasteiger partial charge on any atom is 0.306 e. The summed E-state index contributed by atoms with van der Waals surface area (Å²) in [4.78, 5) is 10.6. The van der Waals surface area contributed by atoms with E-state index in [1.165, 1.54) is 0 Å². The van der Waals surface area contributed by atoms with Gasteiger partial charge in [0, 0.05) is 5.41 Å². The van der Waals surface area contributed by atoms with Gasteiger partial charge in [-0.05, 0) is 6.42 Å². The van der Waals surface area contributed by atoms with Crippen molar-refractivity contribution in [1.82, 2.24) is 0 Å². The highest BCUT2D eigenvalue weighted by molar-refractivity contribution is 5.72. The van der Waals surface area contributed by atoms with Gasteiger partial charge in [0.1, 0.15) is 0 Å². The van der Waals surface area contributed by atoms with Crippen molar-refractivity contribution in [1.29, 1.82) is 0 Å². The molecule has 9 heavy (non-hydrogen) atoms. The van der Waals surface area contributed by atoms with Gasteiger partial charge in [-0.2, -0.15) is 0 Å². The standard InChI is InChI=1S/C7H12O2/c1-3-7(2)4-6(8)9-5-7/h3-5H2,1-2H3/t7-/m1/s1. The van der Waals surface area contributed by atoms with Gasteiger partial charge in [0.2, 0.25) is 0 Å². The van der Waals surface area contributed by atoms with E-state index in [1.54, 1.807) is 0 Å². The highest BCUT2D eigenvalue weighted by atomic mass is 16.5. The van der Waals surface area contributed by atoms with E-state index in [0.29, 0.717) is 13.0 Å². The summed E-state index contributed by atoms with van der Waals surface area (Å²) in [6, 6.07) is 0. The van der Waals surface area contributed by atoms with Crippen molar-refractivity contribution >= 4 is 5.97 Å². The molecule has 1 saturated heterocycles. The number of rotatable bonds is 1. The first-order valence-corrected chi connectivity index (χ1v) is 3.32. The Bertz CT molecular complexity index is 131. The topological polar surface area (TPSA) is 26.3 Å². The van der Waals surface area contributed by atoms with Crippen LogP contribution in [0, 0.1) is 5.41 Å². The molecule has 0 aliphatic carbocycles. The number of carbonyl (C=O) groups excluding carboxylic acids is 1. The third-order valence-electron chi connectivity index (χ3n) is 2.01. The van der Waals surface area contributed by atoms with E-state index < -0.39 is 0 Å². The van der Waals surface area contributed by atoms with Crippen LogP contribution in [0.2, 0.25) is 0 Å². The first-order chi connectivity index (χ1) is 4.16. The van der Waals surface area contributed by atoms with E-state index in [1.807, 2.05) is 0 Å². The molecule has 0 N–H and O–H groups in total. The normalized spacial score (nSPS) is 34.7. The number of hydrogen-bond donors (Lipinski definition) is 0. The molecule has 1 rings (SSSR count). The van der Waals surface area contributed by atoms with E-state index in [-0.39, 0.29) is 11.4 Å². The second-order valence-electron chi connectivity index (χ2n) is 3.00. The molecule has 0 aromatic heterocycles. The van der Waals surface area contributed by atoms with Crippen molar-refractivity contribution < 1.29 is 9.53 Å². The quantitative estimate of drug-likeness (QED) is 0.498. The van der Waals surface area contributed by atoms with E-state index >= 15 is 0 Å². The molecule has 0 unspecified atom stereocenters. The van der Waals surface area contributed by atoms with Crippen molar-refractivity contribution in [3.8, 4) is 0 Å². The van der Waals surface area contributed by atoms with E-state index in [9.17, 15) is 4.79 Å². The van der Waals surface area contributed by atoms with Crippen LogP contribution in [0.1, 0.15) is 26.7 Å². The molecule has 1 aliphatic rings. The van der Waals surface area contributed by atoms with Crippen LogP contribution in [0.3, 0.4) is 0 Å². The van der Waals surface area contributed by atoms with Crippen LogP contribution in [0.4, 0.5) is 0 Å². The largest absolute Gasteiger partial charge is 0.465 e. The van der Waals surface area contributed by atoms with Crippen LogP contribution >= 0.6 is 0 Å². The number of carbonyl (C=O) groups is 1. The molecule has 0 aromatic carbocycles. The zero-order valence-electron chi connectivity index (χ0n) is 5.94. The third kappa shape index (κ3) is 1.23. The average molecular weight is 128 g/mol. The van der Waals surface area contributed by atoms with E-state index in [2.05, 4.69) is 13.8 Å². The van der Waals surface area contributed by atoms with Gasteiger partial charge in [0.15, 0.2) is 0 Å². The maximum atomic E-state index is 10.6. The summed E-state index contributed by atoms with van der Waals surface area (Å²) in [5.74, 6) is -0.0423. The van der Waals surface area contributed by atoms with Crippen molar-refractivity contribution in [3.05, 3.63) is 0 Å². The van der Waals surface area contributed by atoms with Crippen LogP contribution in [0.5, 0.6) is 0 Å². The van der Waals surface area contributed by atoms with Gasteiger partial charge in [0.25, 0.3) is 0 Å². The first kappa shape index (κ1) is 6.59. The summed E-state index contributed by atoms with van der Waals surface area (Å²) >= 11 is 0. The SMILES string of the molecule is CC[C@@]1(C)COC(=O)C1. The molecule has 1 fully saturated rings. The first-order valence-electron chi connectivity index (χ1n) is 3.32. The van der Waals surface area contributed by atoms with Gasteiger partial charge in [-0.3, -0.25) is 4.79 Å².